The van der Waals surface area contributed by atoms with E-state index < -0.39 is 6.10 Å². The minimum Gasteiger partial charge on any atom is -0.462 e. The number of ether oxygens (including phenoxy) is 2. The molecular weight excluding hydrogens is 584 g/mol. The van der Waals surface area contributed by atoms with Crippen LogP contribution in [0, 0.1) is 0 Å². The summed E-state index contributed by atoms with van der Waals surface area (Å²) in [6.07, 6.45) is 47.4. The lowest BCUT2D eigenvalue weighted by molar-refractivity contribution is -0.161. The van der Waals surface area contributed by atoms with Gasteiger partial charge >= 0.3 is 11.9 Å². The molecule has 272 valence electrons. The summed E-state index contributed by atoms with van der Waals surface area (Å²) in [5.74, 6) is -0.613. The molecule has 5 nitrogen and oxygen atoms in total. The van der Waals surface area contributed by atoms with Crippen LogP contribution in [0.25, 0.3) is 0 Å². The fourth-order valence-corrected chi connectivity index (χ4v) is 5.31. The zero-order valence-electron chi connectivity index (χ0n) is 30.8. The molecule has 0 bridgehead atoms. The minimum absolute atomic E-state index is 0.0754. The van der Waals surface area contributed by atoms with E-state index in [1.54, 1.807) is 0 Å². The maximum Gasteiger partial charge on any atom is 0.306 e. The highest BCUT2D eigenvalue weighted by atomic mass is 16.6. The van der Waals surface area contributed by atoms with Gasteiger partial charge in [-0.05, 0) is 70.6 Å². The van der Waals surface area contributed by atoms with Crippen molar-refractivity contribution in [3.63, 3.8) is 0 Å². The van der Waals surface area contributed by atoms with E-state index in [0.29, 0.717) is 12.8 Å². The molecule has 0 aromatic carbocycles. The van der Waals surface area contributed by atoms with Gasteiger partial charge in [0, 0.05) is 12.8 Å². The van der Waals surface area contributed by atoms with E-state index in [0.717, 1.165) is 57.8 Å². The molecule has 0 spiro atoms. The summed E-state index contributed by atoms with van der Waals surface area (Å²) in [6.45, 7) is 4.05. The molecule has 0 aliphatic heterocycles. The highest BCUT2D eigenvalue weighted by molar-refractivity contribution is 5.70. The predicted molar refractivity (Wildman–Crippen MR) is 200 cm³/mol. The van der Waals surface area contributed by atoms with Gasteiger partial charge in [0.2, 0.25) is 0 Å². The van der Waals surface area contributed by atoms with Crippen LogP contribution in [0.4, 0.5) is 0 Å². The number of carbonyl (C=O) groups is 2. The van der Waals surface area contributed by atoms with Crippen molar-refractivity contribution in [1.82, 2.24) is 0 Å². The minimum atomic E-state index is -0.779. The quantitative estimate of drug-likeness (QED) is 0.0417. The van der Waals surface area contributed by atoms with E-state index >= 15 is 0 Å². The lowest BCUT2D eigenvalue weighted by Gasteiger charge is -2.15. The van der Waals surface area contributed by atoms with E-state index in [1.807, 2.05) is 0 Å². The third-order valence-electron chi connectivity index (χ3n) is 8.35. The van der Waals surface area contributed by atoms with Gasteiger partial charge in [0.05, 0.1) is 6.61 Å². The molecule has 0 radical (unpaired) electrons. The molecule has 1 atom stereocenters. The van der Waals surface area contributed by atoms with Gasteiger partial charge in [-0.15, -0.1) is 0 Å². The van der Waals surface area contributed by atoms with Crippen molar-refractivity contribution in [3.05, 3.63) is 48.6 Å². The van der Waals surface area contributed by atoms with Crippen LogP contribution in [0.2, 0.25) is 0 Å². The van der Waals surface area contributed by atoms with Crippen LogP contribution >= 0.6 is 0 Å². The van der Waals surface area contributed by atoms with Gasteiger partial charge in [0.15, 0.2) is 6.10 Å². The summed E-state index contributed by atoms with van der Waals surface area (Å²) in [7, 11) is 0. The second-order valence-electron chi connectivity index (χ2n) is 13.0. The van der Waals surface area contributed by atoms with E-state index in [4.69, 9.17) is 9.47 Å². The largest absolute Gasteiger partial charge is 0.462 e. The molecule has 0 aromatic heterocycles. The molecule has 0 aromatic rings. The Hall–Kier alpha value is -2.14. The lowest BCUT2D eigenvalue weighted by Crippen LogP contribution is -2.28. The first-order valence-electron chi connectivity index (χ1n) is 19.7. The number of hydrogen-bond acceptors (Lipinski definition) is 5. The average molecular weight is 659 g/mol. The van der Waals surface area contributed by atoms with Crippen LogP contribution in [0.1, 0.15) is 187 Å². The van der Waals surface area contributed by atoms with Gasteiger partial charge in [-0.3, -0.25) is 9.59 Å². The number of carbonyl (C=O) groups excluding carboxylic acids is 2. The maximum absolute atomic E-state index is 12.2. The third-order valence-corrected chi connectivity index (χ3v) is 8.35. The summed E-state index contributed by atoms with van der Waals surface area (Å²) in [5, 5.41) is 9.55. The van der Waals surface area contributed by atoms with E-state index in [-0.39, 0.29) is 25.2 Å². The Morgan fingerprint density at radius 1 is 0.489 bits per heavy atom. The Balaban J connectivity index is 3.58. The first-order chi connectivity index (χ1) is 23.1. The van der Waals surface area contributed by atoms with Gasteiger partial charge < -0.3 is 14.6 Å². The number of aliphatic hydroxyl groups is 1. The SMILES string of the molecule is CCCC/C=C\C/C=C\CCCCCCCC(=O)OC[C@H](CO)OC(=O)CCCCCCCCCCC/C=C\C/C=C\CCCCC. The predicted octanol–water partition coefficient (Wildman–Crippen LogP) is 12.2. The summed E-state index contributed by atoms with van der Waals surface area (Å²) in [6, 6.07) is 0. The summed E-state index contributed by atoms with van der Waals surface area (Å²) >= 11 is 0. The molecule has 0 unspecified atom stereocenters. The Morgan fingerprint density at radius 2 is 0.872 bits per heavy atom. The fraction of sp³-hybridized carbons (Fsp3) is 0.762. The van der Waals surface area contributed by atoms with Crippen molar-refractivity contribution in [2.24, 2.45) is 0 Å². The second kappa shape index (κ2) is 38.3. The monoisotopic (exact) mass is 659 g/mol. The number of rotatable bonds is 35. The van der Waals surface area contributed by atoms with Crippen molar-refractivity contribution in [2.45, 2.75) is 193 Å². The molecule has 0 saturated heterocycles. The average Bonchev–Trinajstić information content (AvgIpc) is 3.07. The first-order valence-corrected chi connectivity index (χ1v) is 19.7. The summed E-state index contributed by atoms with van der Waals surface area (Å²) in [5.41, 5.74) is 0. The molecule has 0 aliphatic carbocycles. The Morgan fingerprint density at radius 3 is 1.32 bits per heavy atom. The van der Waals surface area contributed by atoms with Crippen LogP contribution in [0.15, 0.2) is 48.6 Å². The molecule has 0 rings (SSSR count). The number of unbranched alkanes of at least 4 members (excludes halogenated alkanes) is 19. The topological polar surface area (TPSA) is 72.8 Å². The van der Waals surface area contributed by atoms with E-state index in [1.165, 1.54) is 103 Å². The van der Waals surface area contributed by atoms with Crippen molar-refractivity contribution in [1.29, 1.82) is 0 Å². The molecule has 0 amide bonds. The number of allylic oxidation sites excluding steroid dienone is 8. The number of aliphatic hydroxyl groups excluding tert-OH is 1. The van der Waals surface area contributed by atoms with Crippen LogP contribution in [-0.2, 0) is 19.1 Å². The highest BCUT2D eigenvalue weighted by Crippen LogP contribution is 2.13. The van der Waals surface area contributed by atoms with E-state index in [2.05, 4.69) is 62.5 Å². The van der Waals surface area contributed by atoms with Crippen LogP contribution in [0.5, 0.6) is 0 Å². The number of esters is 2. The van der Waals surface area contributed by atoms with Crippen LogP contribution < -0.4 is 0 Å². The standard InChI is InChI=1S/C42H74O5/c1-3-5-7-9-11-13-15-17-19-20-21-22-23-25-27-29-31-33-35-37-42(45)47-40(38-43)39-46-41(44)36-34-32-30-28-26-24-18-16-14-12-10-8-6-4-2/h10-13,16-19,40,43H,3-9,14-15,20-39H2,1-2H3/b12-10-,13-11-,18-16-,19-17-/t40-/m0/s1. The molecule has 5 heteroatoms. The van der Waals surface area contributed by atoms with Gasteiger partial charge in [0.25, 0.3) is 0 Å². The number of hydrogen-bond donors (Lipinski definition) is 1. The zero-order valence-corrected chi connectivity index (χ0v) is 30.8. The smallest absolute Gasteiger partial charge is 0.306 e. The molecule has 0 saturated carbocycles. The van der Waals surface area contributed by atoms with Crippen LogP contribution in [-0.4, -0.2) is 36.4 Å². The van der Waals surface area contributed by atoms with Gasteiger partial charge in [-0.2, -0.15) is 0 Å². The summed E-state index contributed by atoms with van der Waals surface area (Å²) in [4.78, 5) is 24.2. The fourth-order valence-electron chi connectivity index (χ4n) is 5.31. The maximum atomic E-state index is 12.2. The Kier molecular flexibility index (Phi) is 36.6. The molecule has 0 aliphatic rings. The second-order valence-corrected chi connectivity index (χ2v) is 13.0. The van der Waals surface area contributed by atoms with Crippen LogP contribution in [0.3, 0.4) is 0 Å². The van der Waals surface area contributed by atoms with Crippen molar-refractivity contribution in [2.75, 3.05) is 13.2 Å². The molecule has 1 N–H and O–H groups in total. The molecule has 0 heterocycles. The van der Waals surface area contributed by atoms with E-state index in [9.17, 15) is 14.7 Å². The Bertz CT molecular complexity index is 797. The summed E-state index contributed by atoms with van der Waals surface area (Å²) < 4.78 is 10.6. The first kappa shape index (κ1) is 44.9. The molecule has 47 heavy (non-hydrogen) atoms. The van der Waals surface area contributed by atoms with Crippen molar-refractivity contribution < 1.29 is 24.2 Å². The van der Waals surface area contributed by atoms with Gasteiger partial charge in [-0.25, -0.2) is 0 Å². The third kappa shape index (κ3) is 36.5. The lowest BCUT2D eigenvalue weighted by atomic mass is 10.1. The normalized spacial score (nSPS) is 12.7. The van der Waals surface area contributed by atoms with Crippen molar-refractivity contribution in [3.8, 4) is 0 Å². The Labute approximate surface area is 290 Å². The zero-order chi connectivity index (χ0) is 34.3. The molecule has 0 fully saturated rings. The molecular formula is C42H74O5. The van der Waals surface area contributed by atoms with Gasteiger partial charge in [-0.1, -0.05) is 152 Å². The van der Waals surface area contributed by atoms with Crippen molar-refractivity contribution >= 4 is 11.9 Å². The highest BCUT2D eigenvalue weighted by Gasteiger charge is 2.16. The van der Waals surface area contributed by atoms with Gasteiger partial charge in [0.1, 0.15) is 6.61 Å².